The Balaban J connectivity index is 2.25. The summed E-state index contributed by atoms with van der Waals surface area (Å²) in [5, 5.41) is 3.07. The van der Waals surface area contributed by atoms with Crippen molar-refractivity contribution >= 4 is 5.91 Å². The van der Waals surface area contributed by atoms with Gasteiger partial charge in [0, 0.05) is 18.5 Å². The molecule has 0 heterocycles. The van der Waals surface area contributed by atoms with E-state index in [1.54, 1.807) is 0 Å². The molecule has 1 fully saturated rings. The zero-order valence-corrected chi connectivity index (χ0v) is 9.55. The van der Waals surface area contributed by atoms with Crippen molar-refractivity contribution in [1.82, 2.24) is 10.2 Å². The largest absolute Gasteiger partial charge is 0.352 e. The van der Waals surface area contributed by atoms with Crippen LogP contribution in [0, 0.1) is 5.92 Å². The van der Waals surface area contributed by atoms with Crippen LogP contribution in [0.15, 0.2) is 0 Å². The van der Waals surface area contributed by atoms with Crippen molar-refractivity contribution in [2.45, 2.75) is 38.6 Å². The van der Waals surface area contributed by atoms with E-state index in [0.29, 0.717) is 5.92 Å². The van der Waals surface area contributed by atoms with E-state index in [9.17, 15) is 4.79 Å². The lowest BCUT2D eigenvalue weighted by Crippen LogP contribution is -2.41. The Hall–Kier alpha value is -0.570. The Kier molecular flexibility index (Phi) is 4.39. The topological polar surface area (TPSA) is 32.3 Å². The standard InChI is InChI=1S/C11H22N2O/c1-9(8-13(2)3)12-11(14)10-6-4-5-7-10/h9-10H,4-8H2,1-3H3,(H,12,14). The zero-order valence-electron chi connectivity index (χ0n) is 9.55. The van der Waals surface area contributed by atoms with Gasteiger partial charge in [-0.25, -0.2) is 0 Å². The van der Waals surface area contributed by atoms with Gasteiger partial charge >= 0.3 is 0 Å². The Bertz CT molecular complexity index is 186. The molecule has 1 atom stereocenters. The normalized spacial score (nSPS) is 20.0. The molecule has 1 rings (SSSR count). The molecule has 0 radical (unpaired) electrons. The molecular weight excluding hydrogens is 176 g/mol. The van der Waals surface area contributed by atoms with Gasteiger partial charge in [-0.1, -0.05) is 12.8 Å². The third-order valence-corrected chi connectivity index (χ3v) is 2.75. The smallest absolute Gasteiger partial charge is 0.223 e. The molecule has 1 aliphatic rings. The van der Waals surface area contributed by atoms with Gasteiger partial charge in [0.2, 0.25) is 5.91 Å². The van der Waals surface area contributed by atoms with E-state index < -0.39 is 0 Å². The molecule has 0 aliphatic heterocycles. The molecule has 3 heteroatoms. The van der Waals surface area contributed by atoms with Gasteiger partial charge in [-0.2, -0.15) is 0 Å². The summed E-state index contributed by atoms with van der Waals surface area (Å²) in [6.45, 7) is 2.98. The molecule has 82 valence electrons. The number of nitrogens with zero attached hydrogens (tertiary/aromatic N) is 1. The van der Waals surface area contributed by atoms with Crippen LogP contribution in [0.25, 0.3) is 0 Å². The second-order valence-electron chi connectivity index (χ2n) is 4.65. The van der Waals surface area contributed by atoms with Crippen LogP contribution in [-0.2, 0) is 4.79 Å². The lowest BCUT2D eigenvalue weighted by molar-refractivity contribution is -0.125. The van der Waals surface area contributed by atoms with Crippen LogP contribution in [0.3, 0.4) is 0 Å². The quantitative estimate of drug-likeness (QED) is 0.737. The van der Waals surface area contributed by atoms with E-state index in [4.69, 9.17) is 0 Å². The predicted octanol–water partition coefficient (Wildman–Crippen LogP) is 1.24. The van der Waals surface area contributed by atoms with Crippen LogP contribution in [-0.4, -0.2) is 37.5 Å². The molecule has 14 heavy (non-hydrogen) atoms. The van der Waals surface area contributed by atoms with E-state index >= 15 is 0 Å². The summed E-state index contributed by atoms with van der Waals surface area (Å²) in [6, 6.07) is 0.262. The molecule has 3 nitrogen and oxygen atoms in total. The Morgan fingerprint density at radius 1 is 1.43 bits per heavy atom. The van der Waals surface area contributed by atoms with Crippen molar-refractivity contribution in [1.29, 1.82) is 0 Å². The summed E-state index contributed by atoms with van der Waals surface area (Å²) < 4.78 is 0. The van der Waals surface area contributed by atoms with Crippen LogP contribution in [0.5, 0.6) is 0 Å². The van der Waals surface area contributed by atoms with Gasteiger partial charge in [0.05, 0.1) is 0 Å². The van der Waals surface area contributed by atoms with Gasteiger partial charge in [0.15, 0.2) is 0 Å². The van der Waals surface area contributed by atoms with Crippen LogP contribution < -0.4 is 5.32 Å². The molecule has 0 aromatic rings. The lowest BCUT2D eigenvalue weighted by atomic mass is 10.1. The van der Waals surface area contributed by atoms with E-state index in [-0.39, 0.29) is 11.9 Å². The maximum Gasteiger partial charge on any atom is 0.223 e. The molecule has 0 aromatic heterocycles. The van der Waals surface area contributed by atoms with Gasteiger partial charge in [0.25, 0.3) is 0 Å². The Labute approximate surface area is 86.9 Å². The molecule has 0 aromatic carbocycles. The highest BCUT2D eigenvalue weighted by atomic mass is 16.1. The average molecular weight is 198 g/mol. The number of amides is 1. The summed E-state index contributed by atoms with van der Waals surface area (Å²) in [5.41, 5.74) is 0. The van der Waals surface area contributed by atoms with Crippen LogP contribution in [0.1, 0.15) is 32.6 Å². The van der Waals surface area contributed by atoms with E-state index in [0.717, 1.165) is 19.4 Å². The molecular formula is C11H22N2O. The second-order valence-corrected chi connectivity index (χ2v) is 4.65. The molecule has 1 unspecified atom stereocenters. The molecule has 0 spiro atoms. The molecule has 1 N–H and O–H groups in total. The van der Waals surface area contributed by atoms with Crippen molar-refractivity contribution in [2.75, 3.05) is 20.6 Å². The monoisotopic (exact) mass is 198 g/mol. The highest BCUT2D eigenvalue weighted by molar-refractivity contribution is 5.79. The van der Waals surface area contributed by atoms with E-state index in [1.807, 2.05) is 14.1 Å². The van der Waals surface area contributed by atoms with Crippen molar-refractivity contribution < 1.29 is 4.79 Å². The fourth-order valence-electron chi connectivity index (χ4n) is 2.14. The third kappa shape index (κ3) is 3.66. The molecule has 1 saturated carbocycles. The number of likely N-dealkylation sites (N-methyl/N-ethyl adjacent to an activating group) is 1. The maximum atomic E-state index is 11.7. The highest BCUT2D eigenvalue weighted by Crippen LogP contribution is 2.24. The minimum Gasteiger partial charge on any atom is -0.352 e. The van der Waals surface area contributed by atoms with E-state index in [1.165, 1.54) is 12.8 Å². The first kappa shape index (κ1) is 11.5. The van der Waals surface area contributed by atoms with Gasteiger partial charge in [-0.3, -0.25) is 4.79 Å². The van der Waals surface area contributed by atoms with Crippen LogP contribution >= 0.6 is 0 Å². The molecule has 1 amide bonds. The Morgan fingerprint density at radius 2 is 2.00 bits per heavy atom. The number of carbonyl (C=O) groups is 1. The van der Waals surface area contributed by atoms with Gasteiger partial charge in [0.1, 0.15) is 0 Å². The summed E-state index contributed by atoms with van der Waals surface area (Å²) in [7, 11) is 4.05. The maximum absolute atomic E-state index is 11.7. The summed E-state index contributed by atoms with van der Waals surface area (Å²) in [4.78, 5) is 13.8. The first-order valence-electron chi connectivity index (χ1n) is 5.54. The first-order valence-corrected chi connectivity index (χ1v) is 5.54. The van der Waals surface area contributed by atoms with Crippen LogP contribution in [0.2, 0.25) is 0 Å². The van der Waals surface area contributed by atoms with Gasteiger partial charge in [-0.15, -0.1) is 0 Å². The van der Waals surface area contributed by atoms with Crippen molar-refractivity contribution in [2.24, 2.45) is 5.92 Å². The number of rotatable bonds is 4. The van der Waals surface area contributed by atoms with Crippen molar-refractivity contribution in [3.05, 3.63) is 0 Å². The van der Waals surface area contributed by atoms with Gasteiger partial charge in [-0.05, 0) is 33.9 Å². The summed E-state index contributed by atoms with van der Waals surface area (Å²) in [5.74, 6) is 0.552. The minimum atomic E-state index is 0.261. The van der Waals surface area contributed by atoms with Crippen molar-refractivity contribution in [3.8, 4) is 0 Å². The Morgan fingerprint density at radius 3 is 2.50 bits per heavy atom. The average Bonchev–Trinajstić information content (AvgIpc) is 2.53. The predicted molar refractivity (Wildman–Crippen MR) is 58.1 cm³/mol. The highest BCUT2D eigenvalue weighted by Gasteiger charge is 2.23. The SMILES string of the molecule is CC(CN(C)C)NC(=O)C1CCCC1. The fourth-order valence-corrected chi connectivity index (χ4v) is 2.14. The number of nitrogens with one attached hydrogen (secondary N) is 1. The second kappa shape index (κ2) is 5.35. The fraction of sp³-hybridized carbons (Fsp3) is 0.909. The number of carbonyl (C=O) groups excluding carboxylic acids is 1. The van der Waals surface area contributed by atoms with E-state index in [2.05, 4.69) is 17.1 Å². The van der Waals surface area contributed by atoms with Crippen LogP contribution in [0.4, 0.5) is 0 Å². The zero-order chi connectivity index (χ0) is 10.6. The third-order valence-electron chi connectivity index (χ3n) is 2.75. The minimum absolute atomic E-state index is 0.261. The lowest BCUT2D eigenvalue weighted by Gasteiger charge is -2.20. The number of hydrogen-bond acceptors (Lipinski definition) is 2. The molecule has 0 bridgehead atoms. The molecule has 1 aliphatic carbocycles. The van der Waals surface area contributed by atoms with Gasteiger partial charge < -0.3 is 10.2 Å². The summed E-state index contributed by atoms with van der Waals surface area (Å²) in [6.07, 6.45) is 4.61. The summed E-state index contributed by atoms with van der Waals surface area (Å²) >= 11 is 0. The first-order chi connectivity index (χ1) is 6.59. The van der Waals surface area contributed by atoms with Crippen molar-refractivity contribution in [3.63, 3.8) is 0 Å². The molecule has 0 saturated heterocycles. The number of hydrogen-bond donors (Lipinski definition) is 1.